The van der Waals surface area contributed by atoms with Crippen molar-refractivity contribution in [3.8, 4) is 0 Å². The largest absolute Gasteiger partial charge is 0.354 e. The summed E-state index contributed by atoms with van der Waals surface area (Å²) in [6.45, 7) is 0.588. The number of nitrogens with one attached hydrogen (secondary N) is 2. The molecule has 0 atom stereocenters. The van der Waals surface area contributed by atoms with Gasteiger partial charge in [-0.05, 0) is 61.4 Å². The number of carbonyl (C=O) groups excluding carboxylic acids is 2. The van der Waals surface area contributed by atoms with Gasteiger partial charge in [-0.15, -0.1) is 0 Å². The number of benzene rings is 2. The van der Waals surface area contributed by atoms with Crippen molar-refractivity contribution in [2.45, 2.75) is 32.1 Å². The molecule has 3 amide bonds. The van der Waals surface area contributed by atoms with E-state index in [9.17, 15) is 14.0 Å². The maximum Gasteiger partial charge on any atom is 0.326 e. The predicted octanol–water partition coefficient (Wildman–Crippen LogP) is 5.21. The van der Waals surface area contributed by atoms with E-state index in [-0.39, 0.29) is 30.2 Å². The second-order valence-electron chi connectivity index (χ2n) is 7.19. The number of amides is 3. The lowest BCUT2D eigenvalue weighted by Crippen LogP contribution is -2.42. The first-order valence-electron chi connectivity index (χ1n) is 9.90. The number of hydrogen-bond acceptors (Lipinski definition) is 2. The first-order chi connectivity index (χ1) is 14.0. The number of rotatable bonds is 6. The third kappa shape index (κ3) is 6.19. The molecule has 1 saturated carbocycles. The van der Waals surface area contributed by atoms with Crippen molar-refractivity contribution in [3.63, 3.8) is 0 Å². The molecule has 1 aliphatic rings. The summed E-state index contributed by atoms with van der Waals surface area (Å²) in [6.07, 6.45) is 5.20. The highest BCUT2D eigenvalue weighted by atomic mass is 35.5. The number of urea groups is 1. The Hall–Kier alpha value is -2.60. The van der Waals surface area contributed by atoms with Gasteiger partial charge in [0.25, 0.3) is 0 Å². The van der Waals surface area contributed by atoms with E-state index in [1.54, 1.807) is 36.4 Å². The van der Waals surface area contributed by atoms with E-state index in [2.05, 4.69) is 10.6 Å². The molecule has 0 unspecified atom stereocenters. The Bertz CT molecular complexity index is 821. The molecule has 0 spiro atoms. The predicted molar refractivity (Wildman–Crippen MR) is 114 cm³/mol. The minimum absolute atomic E-state index is 0.0434. The molecule has 2 N–H and O–H groups in total. The third-order valence-electron chi connectivity index (χ3n) is 5.09. The lowest BCUT2D eigenvalue weighted by molar-refractivity contribution is -0.125. The molecular formula is C22H25ClFN3O2. The average Bonchev–Trinajstić information content (AvgIpc) is 2.74. The minimum Gasteiger partial charge on any atom is -0.354 e. The van der Waals surface area contributed by atoms with E-state index in [4.69, 9.17) is 11.6 Å². The second kappa shape index (κ2) is 10.3. The van der Waals surface area contributed by atoms with Crippen LogP contribution in [0.25, 0.3) is 0 Å². The number of nitrogens with zero attached hydrogens (tertiary/aromatic N) is 1. The van der Waals surface area contributed by atoms with Gasteiger partial charge in [0.15, 0.2) is 0 Å². The van der Waals surface area contributed by atoms with Gasteiger partial charge in [-0.3, -0.25) is 9.69 Å². The Morgan fingerprint density at radius 2 is 1.66 bits per heavy atom. The maximum atomic E-state index is 13.3. The van der Waals surface area contributed by atoms with Crippen LogP contribution in [0.5, 0.6) is 0 Å². The van der Waals surface area contributed by atoms with Crippen LogP contribution in [-0.2, 0) is 4.79 Å². The summed E-state index contributed by atoms with van der Waals surface area (Å²) < 4.78 is 13.3. The molecule has 0 bridgehead atoms. The minimum atomic E-state index is -0.377. The normalized spacial score (nSPS) is 14.3. The van der Waals surface area contributed by atoms with Crippen molar-refractivity contribution >= 4 is 34.9 Å². The topological polar surface area (TPSA) is 61.4 Å². The van der Waals surface area contributed by atoms with Gasteiger partial charge in [0.1, 0.15) is 5.82 Å². The quantitative estimate of drug-likeness (QED) is 0.677. The zero-order valence-electron chi connectivity index (χ0n) is 16.2. The van der Waals surface area contributed by atoms with Crippen LogP contribution in [0.3, 0.4) is 0 Å². The van der Waals surface area contributed by atoms with E-state index in [1.165, 1.54) is 23.5 Å². The Morgan fingerprint density at radius 1 is 1.00 bits per heavy atom. The lowest BCUT2D eigenvalue weighted by Gasteiger charge is -2.25. The van der Waals surface area contributed by atoms with Crippen LogP contribution >= 0.6 is 11.6 Å². The van der Waals surface area contributed by atoms with Crippen LogP contribution in [0.15, 0.2) is 48.5 Å². The van der Waals surface area contributed by atoms with Gasteiger partial charge in [-0.1, -0.05) is 30.9 Å². The summed E-state index contributed by atoms with van der Waals surface area (Å²) in [7, 11) is 0. The summed E-state index contributed by atoms with van der Waals surface area (Å²) in [6, 6.07) is 12.1. The van der Waals surface area contributed by atoms with Gasteiger partial charge in [0, 0.05) is 35.4 Å². The third-order valence-corrected chi connectivity index (χ3v) is 5.34. The highest BCUT2D eigenvalue weighted by Gasteiger charge is 2.22. The summed E-state index contributed by atoms with van der Waals surface area (Å²) in [4.78, 5) is 26.7. The number of carbonyl (C=O) groups is 2. The number of hydrogen-bond donors (Lipinski definition) is 2. The monoisotopic (exact) mass is 417 g/mol. The second-order valence-corrected chi connectivity index (χ2v) is 7.63. The van der Waals surface area contributed by atoms with Gasteiger partial charge >= 0.3 is 6.03 Å². The van der Waals surface area contributed by atoms with Crippen LogP contribution in [0.4, 0.5) is 20.6 Å². The fourth-order valence-corrected chi connectivity index (χ4v) is 3.62. The van der Waals surface area contributed by atoms with Crippen molar-refractivity contribution in [1.29, 1.82) is 0 Å². The van der Waals surface area contributed by atoms with Gasteiger partial charge < -0.3 is 10.6 Å². The van der Waals surface area contributed by atoms with Crippen LogP contribution < -0.4 is 15.5 Å². The number of halogens is 2. The molecule has 0 saturated heterocycles. The van der Waals surface area contributed by atoms with Crippen molar-refractivity contribution < 1.29 is 14.0 Å². The lowest BCUT2D eigenvalue weighted by atomic mass is 9.89. The zero-order chi connectivity index (χ0) is 20.6. The number of anilines is 2. The SMILES string of the molecule is O=C(NCCN(C(=O)Nc1ccc(Cl)cc1)c1ccc(F)cc1)C1CCCCC1. The molecule has 29 heavy (non-hydrogen) atoms. The van der Waals surface area contributed by atoms with E-state index in [0.717, 1.165) is 25.7 Å². The fraction of sp³-hybridized carbons (Fsp3) is 0.364. The van der Waals surface area contributed by atoms with Gasteiger partial charge in [0.05, 0.1) is 0 Å². The zero-order valence-corrected chi connectivity index (χ0v) is 16.9. The summed E-state index contributed by atoms with van der Waals surface area (Å²) in [5.74, 6) is -0.273. The standard InChI is InChI=1S/C22H25ClFN3O2/c23-17-6-10-19(11-7-17)26-22(29)27(20-12-8-18(24)9-13-20)15-14-25-21(28)16-4-2-1-3-5-16/h6-13,16H,1-5,14-15H2,(H,25,28)(H,26,29). The molecule has 154 valence electrons. The summed E-state index contributed by atoms with van der Waals surface area (Å²) in [5, 5.41) is 6.32. The maximum absolute atomic E-state index is 13.3. The molecule has 0 radical (unpaired) electrons. The first-order valence-corrected chi connectivity index (χ1v) is 10.3. The van der Waals surface area contributed by atoms with Crippen LogP contribution in [0, 0.1) is 11.7 Å². The van der Waals surface area contributed by atoms with E-state index in [0.29, 0.717) is 22.9 Å². The van der Waals surface area contributed by atoms with E-state index >= 15 is 0 Å². The molecule has 2 aromatic carbocycles. The highest BCUT2D eigenvalue weighted by molar-refractivity contribution is 6.30. The van der Waals surface area contributed by atoms with Crippen LogP contribution in [0.2, 0.25) is 5.02 Å². The molecule has 3 rings (SSSR count). The highest BCUT2D eigenvalue weighted by Crippen LogP contribution is 2.23. The Morgan fingerprint density at radius 3 is 2.31 bits per heavy atom. The van der Waals surface area contributed by atoms with Crippen molar-refractivity contribution in [2.75, 3.05) is 23.3 Å². The van der Waals surface area contributed by atoms with Crippen molar-refractivity contribution in [2.24, 2.45) is 5.92 Å². The van der Waals surface area contributed by atoms with Gasteiger partial charge in [0.2, 0.25) is 5.91 Å². The summed E-state index contributed by atoms with van der Waals surface area (Å²) >= 11 is 5.88. The Kier molecular flexibility index (Phi) is 7.47. The Balaban J connectivity index is 1.64. The average molecular weight is 418 g/mol. The molecule has 5 nitrogen and oxygen atoms in total. The molecule has 2 aromatic rings. The van der Waals surface area contributed by atoms with Crippen LogP contribution in [-0.4, -0.2) is 25.0 Å². The van der Waals surface area contributed by atoms with Crippen molar-refractivity contribution in [1.82, 2.24) is 5.32 Å². The van der Waals surface area contributed by atoms with E-state index in [1.807, 2.05) is 0 Å². The molecule has 1 fully saturated rings. The van der Waals surface area contributed by atoms with Gasteiger partial charge in [-0.25, -0.2) is 9.18 Å². The van der Waals surface area contributed by atoms with E-state index < -0.39 is 0 Å². The molecule has 0 aliphatic heterocycles. The smallest absolute Gasteiger partial charge is 0.326 e. The van der Waals surface area contributed by atoms with Crippen LogP contribution in [0.1, 0.15) is 32.1 Å². The summed E-state index contributed by atoms with van der Waals surface area (Å²) in [5.41, 5.74) is 1.14. The molecule has 1 aliphatic carbocycles. The molecule has 0 heterocycles. The molecule has 0 aromatic heterocycles. The Labute approximate surface area is 175 Å². The molecular weight excluding hydrogens is 393 g/mol. The molecule has 7 heteroatoms. The van der Waals surface area contributed by atoms with Crippen molar-refractivity contribution in [3.05, 3.63) is 59.4 Å². The van der Waals surface area contributed by atoms with Gasteiger partial charge in [-0.2, -0.15) is 0 Å². The fourth-order valence-electron chi connectivity index (χ4n) is 3.49. The first kappa shape index (κ1) is 21.1.